The van der Waals surface area contributed by atoms with Crippen molar-refractivity contribution in [1.29, 1.82) is 0 Å². The Labute approximate surface area is 216 Å². The molecule has 5 aliphatic carbocycles. The lowest BCUT2D eigenvalue weighted by atomic mass is 9.33. The van der Waals surface area contributed by atoms with Crippen LogP contribution in [0.25, 0.3) is 0 Å². The van der Waals surface area contributed by atoms with Gasteiger partial charge in [0.05, 0.1) is 30.3 Å². The van der Waals surface area contributed by atoms with Crippen molar-refractivity contribution in [2.75, 3.05) is 6.61 Å². The van der Waals surface area contributed by atoms with E-state index in [0.717, 1.165) is 31.3 Å². The maximum absolute atomic E-state index is 12.8. The average Bonchev–Trinajstić information content (AvgIpc) is 2.80. The summed E-state index contributed by atoms with van der Waals surface area (Å²) >= 11 is 0. The van der Waals surface area contributed by atoms with Gasteiger partial charge < -0.3 is 25.5 Å². The van der Waals surface area contributed by atoms with Gasteiger partial charge in [-0.05, 0) is 84.9 Å². The summed E-state index contributed by atoms with van der Waals surface area (Å²) in [6.07, 6.45) is 5.48. The van der Waals surface area contributed by atoms with Gasteiger partial charge in [-0.1, -0.05) is 53.2 Å². The van der Waals surface area contributed by atoms with Crippen LogP contribution in [0.3, 0.4) is 0 Å². The van der Waals surface area contributed by atoms with Crippen LogP contribution < -0.4 is 0 Å². The molecule has 4 saturated carbocycles. The Kier molecular flexibility index (Phi) is 5.77. The lowest BCUT2D eigenvalue weighted by Gasteiger charge is -2.71. The topological polar surface area (TPSA) is 118 Å². The van der Waals surface area contributed by atoms with Gasteiger partial charge in [0.2, 0.25) is 0 Å². The summed E-state index contributed by atoms with van der Waals surface area (Å²) in [5.74, 6) is -0.833. The number of aliphatic hydroxyl groups excluding tert-OH is 4. The second-order valence-corrected chi connectivity index (χ2v) is 15.0. The van der Waals surface area contributed by atoms with Gasteiger partial charge in [-0.15, -0.1) is 0 Å². The molecule has 0 aromatic carbocycles. The second kappa shape index (κ2) is 7.80. The molecule has 0 amide bonds. The third-order valence-electron chi connectivity index (χ3n) is 13.4. The highest BCUT2D eigenvalue weighted by Crippen LogP contribution is 2.75. The molecule has 6 heteroatoms. The van der Waals surface area contributed by atoms with Crippen LogP contribution in [0.1, 0.15) is 92.9 Å². The molecule has 204 valence electrons. The largest absolute Gasteiger partial charge is 0.481 e. The Hall–Kier alpha value is -0.950. The van der Waals surface area contributed by atoms with Crippen molar-refractivity contribution in [2.45, 2.75) is 111 Å². The van der Waals surface area contributed by atoms with Crippen molar-refractivity contribution >= 4 is 5.97 Å². The van der Waals surface area contributed by atoms with E-state index in [2.05, 4.69) is 40.7 Å². The molecule has 5 N–H and O–H groups in total. The van der Waals surface area contributed by atoms with E-state index in [1.807, 2.05) is 6.92 Å². The minimum Gasteiger partial charge on any atom is -0.481 e. The fourth-order valence-corrected chi connectivity index (χ4v) is 10.8. The van der Waals surface area contributed by atoms with E-state index in [9.17, 15) is 30.3 Å². The third kappa shape index (κ3) is 2.96. The van der Waals surface area contributed by atoms with Gasteiger partial charge in [-0.25, -0.2) is 0 Å². The smallest absolute Gasteiger partial charge is 0.310 e. The van der Waals surface area contributed by atoms with Crippen LogP contribution in [0.4, 0.5) is 0 Å². The highest BCUT2D eigenvalue weighted by Gasteiger charge is 2.71. The first-order chi connectivity index (χ1) is 16.5. The van der Waals surface area contributed by atoms with E-state index < -0.39 is 35.1 Å². The Balaban J connectivity index is 1.63. The van der Waals surface area contributed by atoms with E-state index >= 15 is 0 Å². The number of carboxylic acids is 1. The molecule has 0 saturated heterocycles. The van der Waals surface area contributed by atoms with Crippen LogP contribution in [-0.2, 0) is 4.79 Å². The van der Waals surface area contributed by atoms with Crippen molar-refractivity contribution < 1.29 is 30.3 Å². The van der Waals surface area contributed by atoms with Gasteiger partial charge in [0.15, 0.2) is 0 Å². The molecule has 0 radical (unpaired) electrons. The van der Waals surface area contributed by atoms with Gasteiger partial charge in [0, 0.05) is 11.3 Å². The Bertz CT molecular complexity index is 974. The molecule has 0 aromatic rings. The van der Waals surface area contributed by atoms with Crippen molar-refractivity contribution in [2.24, 2.45) is 50.2 Å². The van der Waals surface area contributed by atoms with E-state index in [4.69, 9.17) is 0 Å². The van der Waals surface area contributed by atoms with Crippen LogP contribution in [0.2, 0.25) is 0 Å². The first-order valence-electron chi connectivity index (χ1n) is 14.1. The molecule has 4 fully saturated rings. The molecule has 5 aliphatic rings. The molecule has 0 aliphatic heterocycles. The number of aliphatic hydroxyl groups is 4. The Morgan fingerprint density at radius 1 is 0.917 bits per heavy atom. The summed E-state index contributed by atoms with van der Waals surface area (Å²) in [7, 11) is 0. The lowest BCUT2D eigenvalue weighted by Crippen LogP contribution is -2.69. The quantitative estimate of drug-likeness (QED) is 0.361. The normalized spacial score (nSPS) is 55.9. The minimum absolute atomic E-state index is 0.0888. The van der Waals surface area contributed by atoms with Crippen LogP contribution in [0, 0.1) is 50.2 Å². The van der Waals surface area contributed by atoms with Gasteiger partial charge >= 0.3 is 5.97 Å². The summed E-state index contributed by atoms with van der Waals surface area (Å²) < 4.78 is 0. The summed E-state index contributed by atoms with van der Waals surface area (Å²) in [6, 6.07) is 0. The van der Waals surface area contributed by atoms with E-state index in [1.165, 1.54) is 0 Å². The Morgan fingerprint density at radius 3 is 2.17 bits per heavy atom. The molecular formula is C30H48O6. The van der Waals surface area contributed by atoms with E-state index in [1.54, 1.807) is 0 Å². The average molecular weight is 505 g/mol. The number of aliphatic carboxylic acids is 1. The van der Waals surface area contributed by atoms with Gasteiger partial charge in [0.1, 0.15) is 0 Å². The molecule has 0 unspecified atom stereocenters. The van der Waals surface area contributed by atoms with Crippen LogP contribution in [-0.4, -0.2) is 56.4 Å². The second-order valence-electron chi connectivity index (χ2n) is 15.0. The van der Waals surface area contributed by atoms with Crippen molar-refractivity contribution in [3.8, 4) is 0 Å². The minimum atomic E-state index is -0.944. The zero-order valence-corrected chi connectivity index (χ0v) is 23.0. The van der Waals surface area contributed by atoms with Gasteiger partial charge in [-0.2, -0.15) is 0 Å². The molecular weight excluding hydrogens is 456 g/mol. The molecule has 11 atom stereocenters. The molecule has 0 bridgehead atoms. The van der Waals surface area contributed by atoms with Gasteiger partial charge in [-0.3, -0.25) is 4.79 Å². The third-order valence-corrected chi connectivity index (χ3v) is 13.4. The summed E-state index contributed by atoms with van der Waals surface area (Å²) in [5.41, 5.74) is -1.50. The first kappa shape index (κ1) is 26.6. The zero-order chi connectivity index (χ0) is 26.7. The summed E-state index contributed by atoms with van der Waals surface area (Å²) in [5, 5.41) is 54.5. The Morgan fingerprint density at radius 2 is 1.56 bits per heavy atom. The lowest BCUT2D eigenvalue weighted by molar-refractivity contribution is -0.245. The summed E-state index contributed by atoms with van der Waals surface area (Å²) in [6.45, 7) is 12.9. The van der Waals surface area contributed by atoms with Crippen molar-refractivity contribution in [1.82, 2.24) is 0 Å². The molecule has 0 aromatic heterocycles. The number of carboxylic acid groups (broad SMARTS) is 1. The molecule has 5 rings (SSSR count). The molecule has 36 heavy (non-hydrogen) atoms. The monoisotopic (exact) mass is 504 g/mol. The molecule has 0 spiro atoms. The molecule has 0 heterocycles. The highest BCUT2D eigenvalue weighted by atomic mass is 16.4. The van der Waals surface area contributed by atoms with E-state index in [0.29, 0.717) is 25.7 Å². The van der Waals surface area contributed by atoms with Crippen molar-refractivity contribution in [3.05, 3.63) is 11.6 Å². The number of rotatable bonds is 2. The van der Waals surface area contributed by atoms with E-state index in [-0.39, 0.29) is 46.0 Å². The SMILES string of the molecule is CC1(C)CC[C@]2(C(=O)O)CC[C@]3(C)C(=CC[C@H]4[C@@]5(C)C[C@@H](O)[C@H](O)[C@@](C)(CO)[C@H]5CC[C@]43C)[C@@H]2[C@@H]1O. The number of allylic oxidation sites excluding steroid dienone is 1. The maximum atomic E-state index is 12.8. The zero-order valence-electron chi connectivity index (χ0n) is 23.0. The predicted molar refractivity (Wildman–Crippen MR) is 137 cm³/mol. The number of hydrogen-bond acceptors (Lipinski definition) is 5. The van der Waals surface area contributed by atoms with Crippen molar-refractivity contribution in [3.63, 3.8) is 0 Å². The number of carbonyl (C=O) groups is 1. The van der Waals surface area contributed by atoms with Crippen LogP contribution in [0.15, 0.2) is 11.6 Å². The van der Waals surface area contributed by atoms with Gasteiger partial charge in [0.25, 0.3) is 0 Å². The van der Waals surface area contributed by atoms with Crippen LogP contribution >= 0.6 is 0 Å². The molecule has 6 nitrogen and oxygen atoms in total. The predicted octanol–water partition coefficient (Wildman–Crippen LogP) is 4.15. The fourth-order valence-electron chi connectivity index (χ4n) is 10.8. The number of hydrogen-bond donors (Lipinski definition) is 5. The standard InChI is InChI=1S/C30H48O6/c1-25(2)11-13-30(24(35)36)14-12-28(5)17(21(30)23(25)34)7-8-20-26(3)15-18(32)22(33)27(4,16-31)19(26)9-10-29(20,28)6/h7,18-23,31-34H,8-16H2,1-6H3,(H,35,36)/t18-,19+,20+,21-,22+,23+,26+,27+,28-,29-,30+/m1/s1. The maximum Gasteiger partial charge on any atom is 0.310 e. The first-order valence-corrected chi connectivity index (χ1v) is 14.1. The highest BCUT2D eigenvalue weighted by molar-refractivity contribution is 5.77. The summed E-state index contributed by atoms with van der Waals surface area (Å²) in [4.78, 5) is 12.8. The fraction of sp³-hybridized carbons (Fsp3) is 0.900. The van der Waals surface area contributed by atoms with Crippen LogP contribution in [0.5, 0.6) is 0 Å². The number of fused-ring (bicyclic) bond motifs is 7.